The molecule has 4 heterocycles. The molecular weight excluding hydrogens is 837 g/mol. The number of carbonyl (C=O) groups is 2. The van der Waals surface area contributed by atoms with Crippen LogP contribution in [0.15, 0.2) is 134 Å². The third-order valence-corrected chi connectivity index (χ3v) is 11.2. The summed E-state index contributed by atoms with van der Waals surface area (Å²) in [5, 5.41) is 3.77. The molecule has 0 unspecified atom stereocenters. The van der Waals surface area contributed by atoms with E-state index in [9.17, 15) is 18.4 Å². The largest absolute Gasteiger partial charge is 1.00 e. The molecule has 2 aromatic heterocycles. The van der Waals surface area contributed by atoms with E-state index >= 15 is 0 Å². The second-order valence-electron chi connectivity index (χ2n) is 14.7. The molecule has 4 aromatic carbocycles. The number of aromatic nitrogens is 4. The van der Waals surface area contributed by atoms with Crippen LogP contribution >= 0.6 is 15.9 Å². The van der Waals surface area contributed by atoms with Crippen molar-refractivity contribution in [2.75, 3.05) is 39.3 Å². The van der Waals surface area contributed by atoms with Crippen molar-refractivity contribution in [1.82, 2.24) is 39.1 Å². The van der Waals surface area contributed by atoms with Gasteiger partial charge in [-0.2, -0.15) is 0 Å². The number of hydrogen-bond acceptors (Lipinski definition) is 6. The molecule has 2 atom stereocenters. The van der Waals surface area contributed by atoms with Gasteiger partial charge in [-0.25, -0.2) is 18.7 Å². The summed E-state index contributed by atoms with van der Waals surface area (Å²) in [6.45, 7) is 10.0. The predicted octanol–water partition coefficient (Wildman–Crippen LogP) is 4.74. The Morgan fingerprint density at radius 1 is 0.650 bits per heavy atom. The van der Waals surface area contributed by atoms with Crippen LogP contribution in [-0.4, -0.2) is 84.9 Å². The molecule has 0 bridgehead atoms. The van der Waals surface area contributed by atoms with Gasteiger partial charge in [-0.05, 0) is 60.4 Å². The van der Waals surface area contributed by atoms with E-state index in [1.165, 1.54) is 29.8 Å². The van der Waals surface area contributed by atoms with Crippen molar-refractivity contribution in [2.24, 2.45) is 0 Å². The maximum Gasteiger partial charge on any atom is 1.00 e. The SMILES string of the molecule is BrCc1ccccc1.C[C@H](c1ccc(F)cc1)n1cncc1CN1CCN(Cc2ccccc2)C(=O)C1.C[C@H](c1ccc(F)cc1)n1cncc1CN1CCNC(=O)C1.[H-].[Na+]. The average molecular weight is 890 g/mol. The summed E-state index contributed by atoms with van der Waals surface area (Å²) in [6, 6.07) is 33.6. The number of nitrogens with zero attached hydrogens (tertiary/aromatic N) is 7. The molecule has 2 amide bonds. The minimum Gasteiger partial charge on any atom is -1.00 e. The van der Waals surface area contributed by atoms with Crippen molar-refractivity contribution in [3.05, 3.63) is 180 Å². The Morgan fingerprint density at radius 2 is 1.13 bits per heavy atom. The number of halogens is 3. The zero-order valence-corrected chi connectivity index (χ0v) is 38.1. The van der Waals surface area contributed by atoms with Gasteiger partial charge < -0.3 is 20.8 Å². The molecule has 0 radical (unpaired) electrons. The maximum atomic E-state index is 13.2. The fourth-order valence-corrected chi connectivity index (χ4v) is 7.50. The van der Waals surface area contributed by atoms with E-state index in [1.807, 2.05) is 53.7 Å². The molecule has 0 saturated carbocycles. The molecule has 1 N–H and O–H groups in total. The van der Waals surface area contributed by atoms with Gasteiger partial charge in [0, 0.05) is 63.5 Å². The van der Waals surface area contributed by atoms with Crippen LogP contribution in [0.1, 0.15) is 61.0 Å². The van der Waals surface area contributed by atoms with Gasteiger partial charge in [0.1, 0.15) is 11.6 Å². The van der Waals surface area contributed by atoms with Crippen molar-refractivity contribution in [2.45, 2.75) is 50.9 Å². The van der Waals surface area contributed by atoms with Gasteiger partial charge in [-0.15, -0.1) is 0 Å². The first-order valence-corrected chi connectivity index (χ1v) is 20.9. The van der Waals surface area contributed by atoms with E-state index in [4.69, 9.17) is 0 Å². The standard InChI is InChI=1S/C23H25FN4O.C16H19FN4O.C7H7Br.Na.H/c1-18(20-7-9-21(24)10-8-20)28-17-25-13-22(28)15-26-11-12-27(23(29)16-26)14-19-5-3-2-4-6-19;1-12(13-2-4-14(17)5-3-13)21-11-18-8-15(21)9-20-7-6-19-16(22)10-20;8-6-7-4-2-1-3-5-7;;/h2-10,13,17-18H,11-12,14-16H2,1H3;2-5,8,11-12H,6-7,9-10H2,1H3,(H,19,22);1-5H,6H2;;/q;;;+1;-1/t18-;12-;;;/m11.../s1. The van der Waals surface area contributed by atoms with Gasteiger partial charge in [0.05, 0.1) is 49.2 Å². The molecule has 310 valence electrons. The number of carbonyl (C=O) groups excluding carboxylic acids is 2. The summed E-state index contributed by atoms with van der Waals surface area (Å²) < 4.78 is 30.4. The minimum atomic E-state index is -0.237. The Kier molecular flexibility index (Phi) is 18.2. The zero-order chi connectivity index (χ0) is 41.6. The number of rotatable bonds is 11. The smallest absolute Gasteiger partial charge is 1.00 e. The molecule has 8 rings (SSSR count). The molecular formula is C46H52BrF2N8NaO2. The monoisotopic (exact) mass is 888 g/mol. The normalized spacial score (nSPS) is 15.4. The molecule has 6 aromatic rings. The van der Waals surface area contributed by atoms with Crippen LogP contribution in [0.5, 0.6) is 0 Å². The van der Waals surface area contributed by atoms with E-state index in [2.05, 4.69) is 88.3 Å². The first-order valence-electron chi connectivity index (χ1n) is 19.8. The van der Waals surface area contributed by atoms with Crippen LogP contribution in [-0.2, 0) is 34.6 Å². The Balaban J connectivity index is 0.000000226. The van der Waals surface area contributed by atoms with E-state index < -0.39 is 0 Å². The average Bonchev–Trinajstić information content (AvgIpc) is 3.93. The van der Waals surface area contributed by atoms with Crippen LogP contribution in [0.3, 0.4) is 0 Å². The number of nitrogens with one attached hydrogen (secondary N) is 1. The van der Waals surface area contributed by atoms with Crippen molar-refractivity contribution in [3.63, 3.8) is 0 Å². The third kappa shape index (κ3) is 13.5. The van der Waals surface area contributed by atoms with E-state index in [1.54, 1.807) is 36.9 Å². The zero-order valence-electron chi connectivity index (χ0n) is 35.5. The summed E-state index contributed by atoms with van der Waals surface area (Å²) in [6.07, 6.45) is 7.26. The number of imidazole rings is 2. The first-order chi connectivity index (χ1) is 28.7. The molecule has 2 aliphatic rings. The van der Waals surface area contributed by atoms with Crippen LogP contribution < -0.4 is 34.9 Å². The molecule has 2 fully saturated rings. The third-order valence-electron chi connectivity index (χ3n) is 10.5. The topological polar surface area (TPSA) is 91.5 Å². The van der Waals surface area contributed by atoms with Gasteiger partial charge in [0.15, 0.2) is 0 Å². The van der Waals surface area contributed by atoms with Crippen molar-refractivity contribution in [3.8, 4) is 0 Å². The molecule has 2 saturated heterocycles. The van der Waals surface area contributed by atoms with Crippen LogP contribution in [0.2, 0.25) is 0 Å². The van der Waals surface area contributed by atoms with Crippen molar-refractivity contribution < 1.29 is 49.4 Å². The summed E-state index contributed by atoms with van der Waals surface area (Å²) in [5.74, 6) is -0.263. The summed E-state index contributed by atoms with van der Waals surface area (Å²) in [7, 11) is 0. The van der Waals surface area contributed by atoms with Gasteiger partial charge in [-0.1, -0.05) is 101 Å². The molecule has 0 spiro atoms. The minimum absolute atomic E-state index is 0. The molecule has 0 aliphatic carbocycles. The number of piperazine rings is 2. The van der Waals surface area contributed by atoms with E-state index in [-0.39, 0.29) is 66.5 Å². The predicted molar refractivity (Wildman–Crippen MR) is 230 cm³/mol. The fourth-order valence-electron chi connectivity index (χ4n) is 7.13. The second-order valence-corrected chi connectivity index (χ2v) is 15.3. The number of hydrogen-bond donors (Lipinski definition) is 1. The fraction of sp³-hybridized carbons (Fsp3) is 0.304. The van der Waals surface area contributed by atoms with Gasteiger partial charge in [0.2, 0.25) is 11.8 Å². The Morgan fingerprint density at radius 3 is 1.58 bits per heavy atom. The van der Waals surface area contributed by atoms with Crippen LogP contribution in [0.25, 0.3) is 0 Å². The number of alkyl halides is 1. The molecule has 10 nitrogen and oxygen atoms in total. The van der Waals surface area contributed by atoms with Gasteiger partial charge in [0.25, 0.3) is 0 Å². The Bertz CT molecular complexity index is 2210. The van der Waals surface area contributed by atoms with Crippen LogP contribution in [0.4, 0.5) is 8.78 Å². The number of amides is 2. The number of benzene rings is 4. The van der Waals surface area contributed by atoms with Crippen LogP contribution in [0, 0.1) is 11.6 Å². The Labute approximate surface area is 383 Å². The summed E-state index contributed by atoms with van der Waals surface area (Å²) >= 11 is 3.36. The quantitative estimate of drug-likeness (QED) is 0.150. The van der Waals surface area contributed by atoms with E-state index in [0.717, 1.165) is 53.0 Å². The second kappa shape index (κ2) is 23.5. The van der Waals surface area contributed by atoms with Crippen molar-refractivity contribution >= 4 is 27.7 Å². The summed E-state index contributed by atoms with van der Waals surface area (Å²) in [5.41, 5.74) is 6.62. The van der Waals surface area contributed by atoms with E-state index in [0.29, 0.717) is 39.3 Å². The molecule has 60 heavy (non-hydrogen) atoms. The van der Waals surface area contributed by atoms with Crippen molar-refractivity contribution in [1.29, 1.82) is 0 Å². The maximum absolute atomic E-state index is 13.2. The van der Waals surface area contributed by atoms with Gasteiger partial charge in [-0.3, -0.25) is 19.4 Å². The van der Waals surface area contributed by atoms with Gasteiger partial charge >= 0.3 is 29.6 Å². The Hall–Kier alpha value is -4.50. The first kappa shape index (κ1) is 46.6. The molecule has 14 heteroatoms. The molecule has 2 aliphatic heterocycles. The summed E-state index contributed by atoms with van der Waals surface area (Å²) in [4.78, 5) is 38.8.